The summed E-state index contributed by atoms with van der Waals surface area (Å²) in [5, 5.41) is 19.6. The average molecular weight is 493 g/mol. The van der Waals surface area contributed by atoms with E-state index in [4.69, 9.17) is 9.26 Å². The van der Waals surface area contributed by atoms with Gasteiger partial charge >= 0.3 is 5.97 Å². The van der Waals surface area contributed by atoms with Gasteiger partial charge in [-0.2, -0.15) is 4.98 Å². The van der Waals surface area contributed by atoms with Crippen LogP contribution in [0, 0.1) is 25.7 Å². The van der Waals surface area contributed by atoms with Crippen molar-refractivity contribution in [2.24, 2.45) is 11.8 Å². The van der Waals surface area contributed by atoms with Crippen LogP contribution in [0.25, 0.3) is 11.5 Å². The molecule has 0 unspecified atom stereocenters. The number of carbonyl (C=O) groups excluding carboxylic acids is 1. The Balaban J connectivity index is 1.33. The third-order valence-electron chi connectivity index (χ3n) is 6.54. The van der Waals surface area contributed by atoms with Gasteiger partial charge in [0.1, 0.15) is 23.2 Å². The van der Waals surface area contributed by atoms with E-state index in [0.717, 1.165) is 25.7 Å². The number of aromatic nitrogens is 4. The van der Waals surface area contributed by atoms with Crippen LogP contribution in [0.2, 0.25) is 0 Å². The van der Waals surface area contributed by atoms with E-state index in [1.54, 1.807) is 38.4 Å². The number of ether oxygens (including phenoxy) is 1. The van der Waals surface area contributed by atoms with Gasteiger partial charge in [0.2, 0.25) is 17.5 Å². The van der Waals surface area contributed by atoms with Crippen molar-refractivity contribution in [1.29, 1.82) is 0 Å². The summed E-state index contributed by atoms with van der Waals surface area (Å²) in [4.78, 5) is 37.7. The molecule has 0 radical (unpaired) electrons. The number of aliphatic carboxylic acids is 1. The highest BCUT2D eigenvalue weighted by Gasteiger charge is 2.36. The molecular formula is C25H28N6O5. The van der Waals surface area contributed by atoms with Gasteiger partial charge < -0.3 is 25.0 Å². The number of carboxylic acid groups (broad SMARTS) is 1. The topological polar surface area (TPSA) is 152 Å². The van der Waals surface area contributed by atoms with E-state index in [2.05, 4.69) is 30.7 Å². The Kier molecular flexibility index (Phi) is 6.53. The number of aryl methyl sites for hydroxylation is 2. The SMILES string of the molecule is Cc1nc(-c2onc(C)c2Nc2cncc(OC3CC3)n2)ccc1NC(=O)[C@H]1CCCC[C@@H]1C(=O)O. The molecule has 2 aliphatic carbocycles. The third-order valence-corrected chi connectivity index (χ3v) is 6.54. The van der Waals surface area contributed by atoms with E-state index >= 15 is 0 Å². The van der Waals surface area contributed by atoms with E-state index in [1.807, 2.05) is 0 Å². The maximum Gasteiger partial charge on any atom is 0.307 e. The highest BCUT2D eigenvalue weighted by atomic mass is 16.5. The van der Waals surface area contributed by atoms with Crippen LogP contribution in [0.3, 0.4) is 0 Å². The Hall–Kier alpha value is -4.02. The van der Waals surface area contributed by atoms with Crippen LogP contribution in [0.1, 0.15) is 49.9 Å². The molecular weight excluding hydrogens is 464 g/mol. The summed E-state index contributed by atoms with van der Waals surface area (Å²) in [6.07, 6.45) is 8.18. The molecule has 3 aromatic rings. The first kappa shape index (κ1) is 23.7. The van der Waals surface area contributed by atoms with Crippen molar-refractivity contribution < 1.29 is 24.0 Å². The van der Waals surface area contributed by atoms with Crippen molar-refractivity contribution in [3.05, 3.63) is 35.9 Å². The molecule has 2 aliphatic rings. The van der Waals surface area contributed by atoms with E-state index in [-0.39, 0.29) is 12.0 Å². The smallest absolute Gasteiger partial charge is 0.307 e. The highest BCUT2D eigenvalue weighted by molar-refractivity contribution is 5.95. The molecule has 1 amide bonds. The second-order valence-corrected chi connectivity index (χ2v) is 9.31. The second-order valence-electron chi connectivity index (χ2n) is 9.31. The number of nitrogens with one attached hydrogen (secondary N) is 2. The zero-order valence-electron chi connectivity index (χ0n) is 20.2. The minimum atomic E-state index is -0.921. The molecule has 0 aliphatic heterocycles. The number of rotatable bonds is 8. The molecule has 0 aromatic carbocycles. The van der Waals surface area contributed by atoms with E-state index < -0.39 is 17.8 Å². The Morgan fingerprint density at radius 1 is 1.03 bits per heavy atom. The molecule has 188 valence electrons. The molecule has 2 saturated carbocycles. The number of pyridine rings is 1. The summed E-state index contributed by atoms with van der Waals surface area (Å²) in [7, 11) is 0. The Morgan fingerprint density at radius 3 is 2.53 bits per heavy atom. The Bertz CT molecular complexity index is 1290. The van der Waals surface area contributed by atoms with Gasteiger partial charge in [0.25, 0.3) is 0 Å². The van der Waals surface area contributed by atoms with Crippen molar-refractivity contribution in [3.8, 4) is 17.3 Å². The van der Waals surface area contributed by atoms with Gasteiger partial charge in [-0.15, -0.1) is 0 Å². The highest BCUT2D eigenvalue weighted by Crippen LogP contribution is 2.35. The third kappa shape index (κ3) is 5.14. The maximum absolute atomic E-state index is 12.9. The second kappa shape index (κ2) is 9.92. The van der Waals surface area contributed by atoms with Gasteiger partial charge in [-0.05, 0) is 51.7 Å². The number of hydrogen-bond donors (Lipinski definition) is 3. The van der Waals surface area contributed by atoms with Gasteiger partial charge in [-0.3, -0.25) is 14.6 Å². The average Bonchev–Trinajstić information content (AvgIpc) is 3.61. The lowest BCUT2D eigenvalue weighted by molar-refractivity contribution is -0.147. The van der Waals surface area contributed by atoms with Gasteiger partial charge in [0, 0.05) is 0 Å². The Labute approximate surface area is 207 Å². The van der Waals surface area contributed by atoms with E-state index in [0.29, 0.717) is 58.8 Å². The molecule has 5 rings (SSSR count). The number of carbonyl (C=O) groups is 2. The molecule has 2 atom stereocenters. The van der Waals surface area contributed by atoms with Crippen molar-refractivity contribution in [3.63, 3.8) is 0 Å². The van der Waals surface area contributed by atoms with E-state index in [9.17, 15) is 14.7 Å². The van der Waals surface area contributed by atoms with Crippen molar-refractivity contribution in [2.45, 2.75) is 58.5 Å². The number of carboxylic acids is 1. The lowest BCUT2D eigenvalue weighted by atomic mass is 9.78. The molecule has 11 heteroatoms. The fourth-order valence-corrected chi connectivity index (χ4v) is 4.43. The Morgan fingerprint density at radius 2 is 1.81 bits per heavy atom. The summed E-state index contributed by atoms with van der Waals surface area (Å²) in [5.41, 5.74) is 2.84. The largest absolute Gasteiger partial charge is 0.481 e. The van der Waals surface area contributed by atoms with Crippen LogP contribution in [0.15, 0.2) is 29.0 Å². The van der Waals surface area contributed by atoms with Crippen LogP contribution >= 0.6 is 0 Å². The van der Waals surface area contributed by atoms with Crippen LogP contribution < -0.4 is 15.4 Å². The molecule has 0 saturated heterocycles. The fraction of sp³-hybridized carbons (Fsp3) is 0.440. The minimum Gasteiger partial charge on any atom is -0.481 e. The standard InChI is InChI=1S/C25H28N6O5/c1-13-18(28-24(32)16-5-3-4-6-17(16)25(33)34)9-10-19(27-13)23-22(14(2)31-36-23)30-20-11-26-12-21(29-20)35-15-7-8-15/h9-12,15-17H,3-8H2,1-2H3,(H,28,32)(H,29,30)(H,33,34)/t16-,17-/m0/s1. The fourth-order valence-electron chi connectivity index (χ4n) is 4.43. The van der Waals surface area contributed by atoms with Crippen LogP contribution in [0.4, 0.5) is 17.2 Å². The van der Waals surface area contributed by atoms with Crippen LogP contribution in [-0.2, 0) is 9.59 Å². The zero-order chi connectivity index (χ0) is 25.2. The molecule has 3 aromatic heterocycles. The first-order chi connectivity index (χ1) is 17.4. The van der Waals surface area contributed by atoms with Gasteiger partial charge in [-0.1, -0.05) is 18.0 Å². The lowest BCUT2D eigenvalue weighted by Gasteiger charge is -2.27. The first-order valence-corrected chi connectivity index (χ1v) is 12.1. The van der Waals surface area contributed by atoms with Gasteiger partial charge in [0.05, 0.1) is 35.6 Å². The summed E-state index contributed by atoms with van der Waals surface area (Å²) >= 11 is 0. The molecule has 0 spiro atoms. The molecule has 36 heavy (non-hydrogen) atoms. The molecule has 3 N–H and O–H groups in total. The van der Waals surface area contributed by atoms with Gasteiger partial charge in [-0.25, -0.2) is 4.98 Å². The quantitative estimate of drug-likeness (QED) is 0.416. The monoisotopic (exact) mass is 492 g/mol. The number of amides is 1. The first-order valence-electron chi connectivity index (χ1n) is 12.1. The molecule has 11 nitrogen and oxygen atoms in total. The maximum atomic E-state index is 12.9. The number of hydrogen-bond acceptors (Lipinski definition) is 9. The predicted octanol–water partition coefficient (Wildman–Crippen LogP) is 4.26. The summed E-state index contributed by atoms with van der Waals surface area (Å²) in [5.74, 6) is -1.06. The summed E-state index contributed by atoms with van der Waals surface area (Å²) < 4.78 is 11.3. The van der Waals surface area contributed by atoms with Crippen molar-refractivity contribution >= 4 is 29.1 Å². The minimum absolute atomic E-state index is 0.210. The molecule has 2 fully saturated rings. The summed E-state index contributed by atoms with van der Waals surface area (Å²) in [6.45, 7) is 3.58. The number of anilines is 3. The van der Waals surface area contributed by atoms with Crippen LogP contribution in [0.5, 0.6) is 5.88 Å². The van der Waals surface area contributed by atoms with Crippen molar-refractivity contribution in [1.82, 2.24) is 20.1 Å². The normalized spacial score (nSPS) is 19.5. The summed E-state index contributed by atoms with van der Waals surface area (Å²) in [6, 6.07) is 3.46. The molecule has 0 bridgehead atoms. The number of nitrogens with zero attached hydrogens (tertiary/aromatic N) is 4. The zero-order valence-corrected chi connectivity index (χ0v) is 20.2. The van der Waals surface area contributed by atoms with Crippen molar-refractivity contribution in [2.75, 3.05) is 10.6 Å². The molecule has 3 heterocycles. The predicted molar refractivity (Wildman–Crippen MR) is 130 cm³/mol. The lowest BCUT2D eigenvalue weighted by Crippen LogP contribution is -2.36. The van der Waals surface area contributed by atoms with Gasteiger partial charge in [0.15, 0.2) is 5.82 Å². The van der Waals surface area contributed by atoms with E-state index in [1.165, 1.54) is 0 Å². The van der Waals surface area contributed by atoms with Crippen LogP contribution in [-0.4, -0.2) is 43.2 Å².